The van der Waals surface area contributed by atoms with Gasteiger partial charge >= 0.3 is 29.8 Å². The van der Waals surface area contributed by atoms with Gasteiger partial charge in [-0.05, 0) is 61.2 Å². The van der Waals surface area contributed by atoms with Gasteiger partial charge in [-0.1, -0.05) is 80.6 Å². The van der Waals surface area contributed by atoms with Crippen LogP contribution in [0.5, 0.6) is 0 Å². The minimum Gasteiger partial charge on any atom is -0.481 e. The SMILES string of the molecule is CC(=O)O[C@H]1C(=O)[C@@]2(C)[C@H]([C@H](OC(=O)c3ccccc3)[C@]3(O)C[C@H](OC(=O)[C@H](O)[C@@H](NC(=O)[C@@H](CCC(=O)O)NC(=O)c4ccccc4)c4ccccc4)C(C)=C1C3(C)C)[C@]1(OC(C)=O)CO[C@@H]1C[C@@H]2O. The molecule has 4 aliphatic rings. The fraction of sp³-hybridized carbons (Fsp3) is 0.462. The zero-order valence-corrected chi connectivity index (χ0v) is 40.0. The van der Waals surface area contributed by atoms with Gasteiger partial charge in [0, 0.05) is 44.1 Å². The molecule has 1 heterocycles. The van der Waals surface area contributed by atoms with Crippen LogP contribution in [-0.4, -0.2) is 128 Å². The molecule has 0 aromatic heterocycles. The first-order valence-corrected chi connectivity index (χ1v) is 23.2. The molecule has 3 aromatic carbocycles. The van der Waals surface area contributed by atoms with Crippen LogP contribution >= 0.6 is 0 Å². The molecule has 19 heteroatoms. The van der Waals surface area contributed by atoms with Gasteiger partial charge in [0.25, 0.3) is 5.91 Å². The van der Waals surface area contributed by atoms with Crippen molar-refractivity contribution >= 4 is 47.4 Å². The lowest BCUT2D eigenvalue weighted by Crippen LogP contribution is -2.82. The van der Waals surface area contributed by atoms with Gasteiger partial charge < -0.3 is 54.7 Å². The topological polar surface area (TPSA) is 288 Å². The highest BCUT2D eigenvalue weighted by Gasteiger charge is 2.78. The number of fused-ring (bicyclic) bond motifs is 5. The van der Waals surface area contributed by atoms with Crippen molar-refractivity contribution in [3.05, 3.63) is 119 Å². The van der Waals surface area contributed by atoms with E-state index >= 15 is 4.79 Å². The average molecular weight is 983 g/mol. The van der Waals surface area contributed by atoms with E-state index in [2.05, 4.69) is 10.6 Å². The highest BCUT2D eigenvalue weighted by Crippen LogP contribution is 2.64. The van der Waals surface area contributed by atoms with E-state index in [1.807, 2.05) is 0 Å². The summed E-state index contributed by atoms with van der Waals surface area (Å²) in [5.41, 5.74) is -7.82. The summed E-state index contributed by atoms with van der Waals surface area (Å²) in [5, 5.41) is 52.5. The van der Waals surface area contributed by atoms with Crippen LogP contribution in [-0.2, 0) is 52.5 Å². The molecule has 2 amide bonds. The number of aliphatic hydroxyl groups is 3. The number of rotatable bonds is 15. The quantitative estimate of drug-likeness (QED) is 0.0725. The van der Waals surface area contributed by atoms with Crippen molar-refractivity contribution in [2.75, 3.05) is 6.61 Å². The van der Waals surface area contributed by atoms with E-state index in [1.54, 1.807) is 54.6 Å². The van der Waals surface area contributed by atoms with Crippen LogP contribution in [0.2, 0.25) is 0 Å². The van der Waals surface area contributed by atoms with E-state index < -0.39 is 137 Å². The number of carboxylic acids is 1. The Morgan fingerprint density at radius 3 is 1.96 bits per heavy atom. The van der Waals surface area contributed by atoms with Gasteiger partial charge in [-0.3, -0.25) is 28.8 Å². The summed E-state index contributed by atoms with van der Waals surface area (Å²) in [6.07, 6.45) is -12.2. The van der Waals surface area contributed by atoms with Gasteiger partial charge in [0.15, 0.2) is 23.6 Å². The van der Waals surface area contributed by atoms with E-state index in [0.717, 1.165) is 13.8 Å². The molecular weight excluding hydrogens is 925 g/mol. The Hall–Kier alpha value is -6.80. The zero-order valence-electron chi connectivity index (χ0n) is 40.0. The average Bonchev–Trinajstić information content (AvgIpc) is 3.33. The smallest absolute Gasteiger partial charge is 0.338 e. The lowest BCUT2D eigenvalue weighted by Gasteiger charge is -2.67. The summed E-state index contributed by atoms with van der Waals surface area (Å²) < 4.78 is 30.3. The van der Waals surface area contributed by atoms with Crippen molar-refractivity contribution in [1.82, 2.24) is 10.6 Å². The molecule has 0 unspecified atom stereocenters. The van der Waals surface area contributed by atoms with Crippen LogP contribution in [0.4, 0.5) is 0 Å². The maximum Gasteiger partial charge on any atom is 0.338 e. The summed E-state index contributed by atoms with van der Waals surface area (Å²) in [6, 6.07) is 20.2. The van der Waals surface area contributed by atoms with Gasteiger partial charge in [-0.15, -0.1) is 0 Å². The molecule has 2 bridgehead atoms. The summed E-state index contributed by atoms with van der Waals surface area (Å²) >= 11 is 0. The summed E-state index contributed by atoms with van der Waals surface area (Å²) in [6.45, 7) is 7.66. The first-order valence-electron chi connectivity index (χ1n) is 23.2. The van der Waals surface area contributed by atoms with E-state index in [1.165, 1.54) is 64.1 Å². The molecule has 12 atom stereocenters. The molecule has 0 spiro atoms. The molecule has 3 aliphatic carbocycles. The molecule has 3 fully saturated rings. The number of hydrogen-bond donors (Lipinski definition) is 6. The van der Waals surface area contributed by atoms with Crippen molar-refractivity contribution in [3.8, 4) is 0 Å². The molecular formula is C52H58N2O17. The van der Waals surface area contributed by atoms with Crippen molar-refractivity contribution < 1.29 is 82.5 Å². The molecule has 71 heavy (non-hydrogen) atoms. The summed E-state index contributed by atoms with van der Waals surface area (Å²) in [7, 11) is 0. The molecule has 19 nitrogen and oxygen atoms in total. The molecule has 0 radical (unpaired) electrons. The minimum atomic E-state index is -2.49. The molecule has 7 rings (SSSR count). The Morgan fingerprint density at radius 1 is 0.817 bits per heavy atom. The Bertz CT molecular complexity index is 2600. The second-order valence-corrected chi connectivity index (χ2v) is 19.3. The van der Waals surface area contributed by atoms with Gasteiger partial charge in [-0.25, -0.2) is 9.59 Å². The van der Waals surface area contributed by atoms with Crippen LogP contribution < -0.4 is 10.6 Å². The van der Waals surface area contributed by atoms with Crippen LogP contribution in [0.1, 0.15) is 99.5 Å². The van der Waals surface area contributed by atoms with E-state index in [4.69, 9.17) is 23.7 Å². The second-order valence-electron chi connectivity index (χ2n) is 19.3. The monoisotopic (exact) mass is 982 g/mol. The molecule has 378 valence electrons. The first-order chi connectivity index (χ1) is 33.5. The highest BCUT2D eigenvalue weighted by molar-refractivity contribution is 5.98. The van der Waals surface area contributed by atoms with Gasteiger partial charge in [0.2, 0.25) is 5.91 Å². The number of Topliss-reactive ketones (excluding diaryl/α,β-unsaturated/α-hetero) is 1. The highest BCUT2D eigenvalue weighted by atomic mass is 16.6. The number of aliphatic hydroxyl groups excluding tert-OH is 2. The first kappa shape index (κ1) is 52.0. The number of esters is 4. The third-order valence-corrected chi connectivity index (χ3v) is 14.8. The van der Waals surface area contributed by atoms with Crippen molar-refractivity contribution in [3.63, 3.8) is 0 Å². The third-order valence-electron chi connectivity index (χ3n) is 14.8. The van der Waals surface area contributed by atoms with E-state index in [-0.39, 0.29) is 47.3 Å². The lowest BCUT2D eigenvalue weighted by molar-refractivity contribution is -0.346. The number of hydrogen-bond acceptors (Lipinski definition) is 16. The third kappa shape index (κ3) is 9.58. The Labute approximate surface area is 408 Å². The Kier molecular flexibility index (Phi) is 14.8. The molecule has 6 N–H and O–H groups in total. The maximum atomic E-state index is 15.6. The predicted molar refractivity (Wildman–Crippen MR) is 246 cm³/mol. The van der Waals surface area contributed by atoms with Crippen LogP contribution in [0.3, 0.4) is 0 Å². The normalized spacial score (nSPS) is 29.6. The number of benzene rings is 3. The zero-order chi connectivity index (χ0) is 51.8. The van der Waals surface area contributed by atoms with Crippen LogP contribution in [0, 0.1) is 16.7 Å². The van der Waals surface area contributed by atoms with Crippen molar-refractivity contribution in [2.45, 2.75) is 127 Å². The fourth-order valence-corrected chi connectivity index (χ4v) is 11.0. The predicted octanol–water partition coefficient (Wildman–Crippen LogP) is 3.09. The van der Waals surface area contributed by atoms with Gasteiger partial charge in [0.05, 0.1) is 35.6 Å². The number of carbonyl (C=O) groups is 8. The lowest BCUT2D eigenvalue weighted by atomic mass is 9.44. The summed E-state index contributed by atoms with van der Waals surface area (Å²) in [4.78, 5) is 110. The number of carbonyl (C=O) groups excluding carboxylic acids is 7. The minimum absolute atomic E-state index is 0.0220. The number of ketones is 1. The van der Waals surface area contributed by atoms with Gasteiger partial charge in [-0.2, -0.15) is 0 Å². The standard InChI is InChI=1S/C52H58N2O17/c1-27-34(69-48(65)40(60)39(30-16-10-7-11-17-30)54-46(63)33(22-23-37(58)59)53-45(62)31-18-12-8-13-19-31)25-52(66)44(70-47(64)32-20-14-9-15-21-32)42-50(6,35(57)24-36-51(42,26-67-36)71-29(3)56)43(61)41(68-28(2)55)38(27)49(52,4)5/h7-21,33-36,39-42,44,57,60,66H,22-26H2,1-6H3,(H,53,62)(H,54,63)(H,58,59)/t33-,34+,35+,36-,39+,40-,41-,42+,44+,50-,51+,52-/m1/s1. The maximum absolute atomic E-state index is 15.6. The number of aliphatic carboxylic acids is 1. The molecule has 2 saturated carbocycles. The fourth-order valence-electron chi connectivity index (χ4n) is 11.0. The van der Waals surface area contributed by atoms with Crippen molar-refractivity contribution in [1.29, 1.82) is 0 Å². The van der Waals surface area contributed by atoms with Gasteiger partial charge in [0.1, 0.15) is 30.0 Å². The number of amides is 2. The Balaban J connectivity index is 1.33. The summed E-state index contributed by atoms with van der Waals surface area (Å²) in [5.74, 6) is -9.61. The van der Waals surface area contributed by atoms with E-state index in [0.29, 0.717) is 0 Å². The second kappa shape index (κ2) is 20.1. The number of carboxylic acid groups (broad SMARTS) is 1. The molecule has 3 aromatic rings. The van der Waals surface area contributed by atoms with E-state index in [9.17, 15) is 54.0 Å². The molecule has 1 aliphatic heterocycles. The number of ether oxygens (including phenoxy) is 5. The Morgan fingerprint density at radius 2 is 1.41 bits per heavy atom. The van der Waals surface area contributed by atoms with Crippen molar-refractivity contribution in [2.24, 2.45) is 16.7 Å². The largest absolute Gasteiger partial charge is 0.481 e. The van der Waals surface area contributed by atoms with Crippen LogP contribution in [0.25, 0.3) is 0 Å². The number of nitrogens with one attached hydrogen (secondary N) is 2. The van der Waals surface area contributed by atoms with Crippen LogP contribution in [0.15, 0.2) is 102 Å². The molecule has 1 saturated heterocycles.